The largest absolute Gasteiger partial charge is 0.492 e. The van der Waals surface area contributed by atoms with E-state index in [1.54, 1.807) is 0 Å². The minimum atomic E-state index is 0.384. The van der Waals surface area contributed by atoms with E-state index in [0.717, 1.165) is 24.4 Å². The van der Waals surface area contributed by atoms with E-state index >= 15 is 0 Å². The van der Waals surface area contributed by atoms with Gasteiger partial charge in [0.25, 0.3) is 0 Å². The number of thiocarbonyl (C=S) groups is 1. The smallest absolute Gasteiger partial charge is 0.129 e. The quantitative estimate of drug-likeness (QED) is 0.529. The molecule has 0 aliphatic heterocycles. The van der Waals surface area contributed by atoms with Crippen molar-refractivity contribution in [3.8, 4) is 5.75 Å². The maximum Gasteiger partial charge on any atom is 0.129 e. The van der Waals surface area contributed by atoms with E-state index in [-0.39, 0.29) is 0 Å². The van der Waals surface area contributed by atoms with Crippen molar-refractivity contribution in [2.75, 3.05) is 19.7 Å². The van der Waals surface area contributed by atoms with E-state index < -0.39 is 0 Å². The third-order valence-corrected chi connectivity index (χ3v) is 3.79. The molecule has 1 aromatic rings. The molecule has 0 heterocycles. The zero-order chi connectivity index (χ0) is 15.7. The lowest BCUT2D eigenvalue weighted by Crippen LogP contribution is -2.35. The van der Waals surface area contributed by atoms with Crippen LogP contribution >= 0.6 is 12.2 Å². The van der Waals surface area contributed by atoms with Crippen LogP contribution in [-0.4, -0.2) is 35.6 Å². The third-order valence-electron chi connectivity index (χ3n) is 3.57. The molecule has 0 radical (unpaired) electrons. The van der Waals surface area contributed by atoms with Crippen LogP contribution < -0.4 is 10.5 Å². The standard InChI is InChI=1S/C17H28N2OS/c1-4-5-8-11-19(14(2)3)12-13-20-16-10-7-6-9-15(16)17(18)21/h6-7,9-10,14H,4-5,8,11-13H2,1-3H3,(H2,18,21). The summed E-state index contributed by atoms with van der Waals surface area (Å²) in [5.74, 6) is 0.780. The molecule has 21 heavy (non-hydrogen) atoms. The van der Waals surface area contributed by atoms with E-state index in [0.29, 0.717) is 17.6 Å². The minimum Gasteiger partial charge on any atom is -0.492 e. The van der Waals surface area contributed by atoms with Gasteiger partial charge in [-0.25, -0.2) is 0 Å². The molecule has 3 nitrogen and oxygen atoms in total. The molecule has 0 aromatic heterocycles. The summed E-state index contributed by atoms with van der Waals surface area (Å²) >= 11 is 5.05. The fourth-order valence-corrected chi connectivity index (χ4v) is 2.43. The summed E-state index contributed by atoms with van der Waals surface area (Å²) in [6, 6.07) is 8.23. The van der Waals surface area contributed by atoms with Crippen molar-refractivity contribution in [1.29, 1.82) is 0 Å². The molecule has 0 bridgehead atoms. The van der Waals surface area contributed by atoms with Gasteiger partial charge in [-0.1, -0.05) is 44.1 Å². The summed E-state index contributed by atoms with van der Waals surface area (Å²) in [7, 11) is 0. The number of hydrogen-bond donors (Lipinski definition) is 1. The molecule has 0 aliphatic carbocycles. The van der Waals surface area contributed by atoms with Gasteiger partial charge in [0.2, 0.25) is 0 Å². The molecule has 0 unspecified atom stereocenters. The van der Waals surface area contributed by atoms with Crippen LogP contribution in [0.5, 0.6) is 5.75 Å². The van der Waals surface area contributed by atoms with Gasteiger partial charge in [-0.05, 0) is 38.9 Å². The summed E-state index contributed by atoms with van der Waals surface area (Å²) in [5.41, 5.74) is 6.53. The summed E-state index contributed by atoms with van der Waals surface area (Å²) in [5, 5.41) is 0. The van der Waals surface area contributed by atoms with Crippen LogP contribution in [0.3, 0.4) is 0 Å². The summed E-state index contributed by atoms with van der Waals surface area (Å²) in [6.07, 6.45) is 3.79. The van der Waals surface area contributed by atoms with E-state index in [1.807, 2.05) is 24.3 Å². The minimum absolute atomic E-state index is 0.384. The predicted octanol–water partition coefficient (Wildman–Crippen LogP) is 3.60. The second-order valence-corrected chi connectivity index (χ2v) is 5.99. The van der Waals surface area contributed by atoms with Gasteiger partial charge in [0, 0.05) is 12.6 Å². The van der Waals surface area contributed by atoms with Gasteiger partial charge < -0.3 is 10.5 Å². The molecule has 4 heteroatoms. The Morgan fingerprint density at radius 2 is 1.95 bits per heavy atom. The molecular formula is C17H28N2OS. The molecule has 0 atom stereocenters. The Hall–Kier alpha value is -1.13. The fraction of sp³-hybridized carbons (Fsp3) is 0.588. The highest BCUT2D eigenvalue weighted by molar-refractivity contribution is 7.80. The van der Waals surface area contributed by atoms with Gasteiger partial charge in [0.1, 0.15) is 17.3 Å². The molecule has 1 rings (SSSR count). The Bertz CT molecular complexity index is 435. The van der Waals surface area contributed by atoms with Crippen molar-refractivity contribution in [2.24, 2.45) is 5.73 Å². The molecule has 0 amide bonds. The molecule has 0 spiro atoms. The average molecular weight is 308 g/mol. The number of rotatable bonds is 10. The summed E-state index contributed by atoms with van der Waals surface area (Å²) < 4.78 is 5.88. The van der Waals surface area contributed by atoms with Gasteiger partial charge in [-0.3, -0.25) is 4.90 Å². The maximum absolute atomic E-state index is 5.88. The predicted molar refractivity (Wildman–Crippen MR) is 94.1 cm³/mol. The van der Waals surface area contributed by atoms with Crippen molar-refractivity contribution in [2.45, 2.75) is 46.1 Å². The Balaban J connectivity index is 2.48. The number of nitrogens with two attached hydrogens (primary N) is 1. The first-order chi connectivity index (χ1) is 10.1. The van der Waals surface area contributed by atoms with Crippen molar-refractivity contribution in [3.05, 3.63) is 29.8 Å². The second-order valence-electron chi connectivity index (χ2n) is 5.55. The summed E-state index contributed by atoms with van der Waals surface area (Å²) in [4.78, 5) is 2.84. The highest BCUT2D eigenvalue weighted by Gasteiger charge is 2.10. The molecular weight excluding hydrogens is 280 g/mol. The highest BCUT2D eigenvalue weighted by Crippen LogP contribution is 2.17. The van der Waals surface area contributed by atoms with E-state index in [4.69, 9.17) is 22.7 Å². The zero-order valence-corrected chi connectivity index (χ0v) is 14.3. The highest BCUT2D eigenvalue weighted by atomic mass is 32.1. The second kappa shape index (κ2) is 9.74. The van der Waals surface area contributed by atoms with Crippen LogP contribution in [0.2, 0.25) is 0 Å². The van der Waals surface area contributed by atoms with Gasteiger partial charge in [-0.15, -0.1) is 0 Å². The lowest BCUT2D eigenvalue weighted by Gasteiger charge is -2.26. The Morgan fingerprint density at radius 3 is 2.57 bits per heavy atom. The fourth-order valence-electron chi connectivity index (χ4n) is 2.26. The first kappa shape index (κ1) is 17.9. The lowest BCUT2D eigenvalue weighted by molar-refractivity contribution is 0.173. The number of benzene rings is 1. The average Bonchev–Trinajstić information content (AvgIpc) is 2.45. The normalized spacial score (nSPS) is 11.1. The number of ether oxygens (including phenoxy) is 1. The Labute approximate surface area is 134 Å². The van der Waals surface area contributed by atoms with Gasteiger partial charge in [0.05, 0.1) is 5.56 Å². The van der Waals surface area contributed by atoms with Crippen LogP contribution in [0.4, 0.5) is 0 Å². The van der Waals surface area contributed by atoms with Crippen molar-refractivity contribution < 1.29 is 4.74 Å². The van der Waals surface area contributed by atoms with Crippen LogP contribution in [0.1, 0.15) is 45.6 Å². The van der Waals surface area contributed by atoms with Gasteiger partial charge in [0.15, 0.2) is 0 Å². The van der Waals surface area contributed by atoms with Crippen LogP contribution in [0.25, 0.3) is 0 Å². The first-order valence-corrected chi connectivity index (χ1v) is 8.22. The monoisotopic (exact) mass is 308 g/mol. The van der Waals surface area contributed by atoms with Crippen molar-refractivity contribution in [3.63, 3.8) is 0 Å². The SMILES string of the molecule is CCCCCN(CCOc1ccccc1C(N)=S)C(C)C. The van der Waals surface area contributed by atoms with Crippen molar-refractivity contribution in [1.82, 2.24) is 4.90 Å². The number of unbranched alkanes of at least 4 members (excludes halogenated alkanes) is 2. The molecule has 0 aliphatic rings. The number of nitrogens with zero attached hydrogens (tertiary/aromatic N) is 1. The molecule has 1 aromatic carbocycles. The molecule has 2 N–H and O–H groups in total. The van der Waals surface area contributed by atoms with E-state index in [1.165, 1.54) is 19.3 Å². The molecule has 118 valence electrons. The third kappa shape index (κ3) is 6.44. The van der Waals surface area contributed by atoms with Gasteiger partial charge in [-0.2, -0.15) is 0 Å². The van der Waals surface area contributed by atoms with E-state index in [2.05, 4.69) is 25.7 Å². The van der Waals surface area contributed by atoms with Crippen molar-refractivity contribution >= 4 is 17.2 Å². The van der Waals surface area contributed by atoms with Crippen LogP contribution in [-0.2, 0) is 0 Å². The Kier molecular flexibility index (Phi) is 8.31. The van der Waals surface area contributed by atoms with Gasteiger partial charge >= 0.3 is 0 Å². The molecule has 0 saturated carbocycles. The zero-order valence-electron chi connectivity index (χ0n) is 13.5. The van der Waals surface area contributed by atoms with E-state index in [9.17, 15) is 0 Å². The first-order valence-electron chi connectivity index (χ1n) is 7.82. The number of hydrogen-bond acceptors (Lipinski definition) is 3. The topological polar surface area (TPSA) is 38.5 Å². The maximum atomic E-state index is 5.88. The number of para-hydroxylation sites is 1. The molecule has 0 fully saturated rings. The Morgan fingerprint density at radius 1 is 1.24 bits per heavy atom. The van der Waals surface area contributed by atoms with Crippen LogP contribution in [0, 0.1) is 0 Å². The lowest BCUT2D eigenvalue weighted by atomic mass is 10.2. The van der Waals surface area contributed by atoms with Crippen LogP contribution in [0.15, 0.2) is 24.3 Å². The molecule has 0 saturated heterocycles. The summed E-state index contributed by atoms with van der Waals surface area (Å²) in [6.45, 7) is 9.40.